The van der Waals surface area contributed by atoms with Crippen molar-refractivity contribution in [3.63, 3.8) is 0 Å². The zero-order valence-electron chi connectivity index (χ0n) is 13.3. The molecule has 1 aromatic heterocycles. The minimum atomic E-state index is -0.0605. The topological polar surface area (TPSA) is 48.1 Å². The first kappa shape index (κ1) is 15.5. The van der Waals surface area contributed by atoms with Crippen LogP contribution in [0.4, 0.5) is 0 Å². The molecule has 0 saturated heterocycles. The van der Waals surface area contributed by atoms with E-state index in [9.17, 15) is 0 Å². The fourth-order valence-corrected chi connectivity index (χ4v) is 2.04. The highest BCUT2D eigenvalue weighted by molar-refractivity contribution is 5.35. The van der Waals surface area contributed by atoms with Gasteiger partial charge >= 0.3 is 0 Å². The Balaban J connectivity index is 2.10. The van der Waals surface area contributed by atoms with Gasteiger partial charge in [-0.2, -0.15) is 0 Å². The second kappa shape index (κ2) is 6.27. The van der Waals surface area contributed by atoms with Crippen molar-refractivity contribution in [1.29, 1.82) is 0 Å². The van der Waals surface area contributed by atoms with Crippen LogP contribution in [0.2, 0.25) is 0 Å². The van der Waals surface area contributed by atoms with Gasteiger partial charge in [-0.15, -0.1) is 0 Å². The number of rotatable bonds is 5. The van der Waals surface area contributed by atoms with Crippen LogP contribution in [0.5, 0.6) is 11.5 Å². The van der Waals surface area contributed by atoms with E-state index in [0.29, 0.717) is 0 Å². The van der Waals surface area contributed by atoms with Gasteiger partial charge in [0.05, 0.1) is 11.9 Å². The van der Waals surface area contributed by atoms with Crippen molar-refractivity contribution in [2.24, 2.45) is 5.73 Å². The molecular weight excluding hydrogens is 260 g/mol. The second-order valence-electron chi connectivity index (χ2n) is 6.07. The molecule has 1 aromatic carbocycles. The van der Waals surface area contributed by atoms with E-state index in [1.807, 2.05) is 31.2 Å². The number of nitrogens with two attached hydrogens (primary N) is 1. The van der Waals surface area contributed by atoms with Crippen LogP contribution in [0.3, 0.4) is 0 Å². The smallest absolute Gasteiger partial charge is 0.145 e. The van der Waals surface area contributed by atoms with Gasteiger partial charge in [-0.05, 0) is 48.6 Å². The van der Waals surface area contributed by atoms with Crippen LogP contribution in [0.1, 0.15) is 51.4 Å². The highest BCUT2D eigenvalue weighted by atomic mass is 16.5. The number of nitrogens with zero attached hydrogens (tertiary/aromatic N) is 1. The SMILES string of the molecule is CCC(C)(C)c1ccc(Oc2ccc(C(C)N)nc2)cc1. The van der Waals surface area contributed by atoms with Gasteiger partial charge in [0.25, 0.3) is 0 Å². The molecule has 1 atom stereocenters. The van der Waals surface area contributed by atoms with Crippen molar-refractivity contribution < 1.29 is 4.74 Å². The lowest BCUT2D eigenvalue weighted by molar-refractivity contribution is 0.475. The summed E-state index contributed by atoms with van der Waals surface area (Å²) in [5.41, 5.74) is 8.16. The van der Waals surface area contributed by atoms with Crippen LogP contribution in [0, 0.1) is 0 Å². The molecule has 0 fully saturated rings. The summed E-state index contributed by atoms with van der Waals surface area (Å²) in [7, 11) is 0. The first-order valence-electron chi connectivity index (χ1n) is 7.42. The summed E-state index contributed by atoms with van der Waals surface area (Å²) >= 11 is 0. The van der Waals surface area contributed by atoms with Crippen molar-refractivity contribution in [3.05, 3.63) is 53.9 Å². The highest BCUT2D eigenvalue weighted by Gasteiger charge is 2.17. The Labute approximate surface area is 127 Å². The zero-order valence-corrected chi connectivity index (χ0v) is 13.3. The second-order valence-corrected chi connectivity index (χ2v) is 6.07. The van der Waals surface area contributed by atoms with Crippen LogP contribution < -0.4 is 10.5 Å². The van der Waals surface area contributed by atoms with Crippen molar-refractivity contribution in [3.8, 4) is 11.5 Å². The molecule has 1 heterocycles. The van der Waals surface area contributed by atoms with Crippen LogP contribution in [-0.4, -0.2) is 4.98 Å². The molecule has 0 saturated carbocycles. The number of aromatic nitrogens is 1. The van der Waals surface area contributed by atoms with Gasteiger partial charge in [-0.3, -0.25) is 4.98 Å². The predicted octanol–water partition coefficient (Wildman–Crippen LogP) is 4.58. The maximum Gasteiger partial charge on any atom is 0.145 e. The Kier molecular flexibility index (Phi) is 4.63. The summed E-state index contributed by atoms with van der Waals surface area (Å²) in [6.07, 6.45) is 2.82. The third-order valence-electron chi connectivity index (χ3n) is 3.98. The summed E-state index contributed by atoms with van der Waals surface area (Å²) in [6.45, 7) is 8.62. The Bertz CT molecular complexity index is 571. The maximum absolute atomic E-state index is 5.81. The average molecular weight is 284 g/mol. The summed E-state index contributed by atoms with van der Waals surface area (Å²) < 4.78 is 5.81. The predicted molar refractivity (Wildman–Crippen MR) is 86.7 cm³/mol. The molecule has 21 heavy (non-hydrogen) atoms. The van der Waals surface area contributed by atoms with Gasteiger partial charge in [0.15, 0.2) is 0 Å². The minimum absolute atomic E-state index is 0.0605. The number of ether oxygens (including phenoxy) is 1. The summed E-state index contributed by atoms with van der Waals surface area (Å²) in [5.74, 6) is 1.54. The molecule has 0 aliphatic heterocycles. The molecule has 0 amide bonds. The summed E-state index contributed by atoms with van der Waals surface area (Å²) in [4.78, 5) is 4.29. The number of hydrogen-bond donors (Lipinski definition) is 1. The minimum Gasteiger partial charge on any atom is -0.456 e. The molecular formula is C18H24N2O. The third kappa shape index (κ3) is 3.82. The van der Waals surface area contributed by atoms with E-state index in [-0.39, 0.29) is 11.5 Å². The Morgan fingerprint density at radius 1 is 1.10 bits per heavy atom. The van der Waals surface area contributed by atoms with Gasteiger partial charge in [0.1, 0.15) is 11.5 Å². The van der Waals surface area contributed by atoms with E-state index in [4.69, 9.17) is 10.5 Å². The molecule has 0 spiro atoms. The van der Waals surface area contributed by atoms with E-state index in [2.05, 4.69) is 37.9 Å². The highest BCUT2D eigenvalue weighted by Crippen LogP contribution is 2.29. The van der Waals surface area contributed by atoms with E-state index >= 15 is 0 Å². The quantitative estimate of drug-likeness (QED) is 0.874. The maximum atomic E-state index is 5.81. The lowest BCUT2D eigenvalue weighted by atomic mass is 9.82. The van der Waals surface area contributed by atoms with E-state index < -0.39 is 0 Å². The number of pyridine rings is 1. The van der Waals surface area contributed by atoms with Crippen LogP contribution in [0.15, 0.2) is 42.6 Å². The Hall–Kier alpha value is -1.87. The molecule has 2 rings (SSSR count). The molecule has 1 unspecified atom stereocenters. The van der Waals surface area contributed by atoms with Crippen molar-refractivity contribution in [1.82, 2.24) is 4.98 Å². The van der Waals surface area contributed by atoms with Crippen LogP contribution >= 0.6 is 0 Å². The van der Waals surface area contributed by atoms with E-state index in [1.54, 1.807) is 6.20 Å². The van der Waals surface area contributed by atoms with Gasteiger partial charge in [-0.25, -0.2) is 0 Å². The average Bonchev–Trinajstić information content (AvgIpc) is 2.48. The molecule has 0 aliphatic carbocycles. The number of hydrogen-bond acceptors (Lipinski definition) is 3. The van der Waals surface area contributed by atoms with Crippen molar-refractivity contribution in [2.45, 2.75) is 45.6 Å². The molecule has 112 valence electrons. The lowest BCUT2D eigenvalue weighted by Crippen LogP contribution is -2.14. The standard InChI is InChI=1S/C18H24N2O/c1-5-18(3,4)14-6-8-15(9-7-14)21-16-10-11-17(13(2)19)20-12-16/h6-13H,5,19H2,1-4H3. The van der Waals surface area contributed by atoms with E-state index in [1.165, 1.54) is 5.56 Å². The van der Waals surface area contributed by atoms with Crippen molar-refractivity contribution in [2.75, 3.05) is 0 Å². The van der Waals surface area contributed by atoms with Crippen molar-refractivity contribution >= 4 is 0 Å². The number of benzene rings is 1. The van der Waals surface area contributed by atoms with Crippen LogP contribution in [-0.2, 0) is 5.41 Å². The Morgan fingerprint density at radius 2 is 1.71 bits per heavy atom. The molecule has 0 bridgehead atoms. The van der Waals surface area contributed by atoms with Gasteiger partial charge in [0, 0.05) is 6.04 Å². The van der Waals surface area contributed by atoms with Gasteiger partial charge < -0.3 is 10.5 Å². The molecule has 3 heteroatoms. The van der Waals surface area contributed by atoms with Gasteiger partial charge in [-0.1, -0.05) is 32.9 Å². The largest absolute Gasteiger partial charge is 0.456 e. The lowest BCUT2D eigenvalue weighted by Gasteiger charge is -2.23. The van der Waals surface area contributed by atoms with E-state index in [0.717, 1.165) is 23.6 Å². The Morgan fingerprint density at radius 3 is 2.19 bits per heavy atom. The molecule has 0 aliphatic rings. The summed E-state index contributed by atoms with van der Waals surface area (Å²) in [5, 5.41) is 0. The fourth-order valence-electron chi connectivity index (χ4n) is 2.04. The zero-order chi connectivity index (χ0) is 15.5. The van der Waals surface area contributed by atoms with Gasteiger partial charge in [0.2, 0.25) is 0 Å². The first-order valence-corrected chi connectivity index (χ1v) is 7.42. The summed E-state index contributed by atoms with van der Waals surface area (Å²) in [6, 6.07) is 12.0. The molecule has 0 radical (unpaired) electrons. The normalized spacial score (nSPS) is 13.0. The monoisotopic (exact) mass is 284 g/mol. The van der Waals surface area contributed by atoms with Crippen LogP contribution in [0.25, 0.3) is 0 Å². The molecule has 2 aromatic rings. The molecule has 2 N–H and O–H groups in total. The first-order chi connectivity index (χ1) is 9.92. The third-order valence-corrected chi connectivity index (χ3v) is 3.98. The fraction of sp³-hybridized carbons (Fsp3) is 0.389. The molecule has 3 nitrogen and oxygen atoms in total.